The maximum Gasteiger partial charge on any atom is 0.262 e. The number of anilines is 1. The van der Waals surface area contributed by atoms with Crippen LogP contribution in [0, 0.1) is 0 Å². The smallest absolute Gasteiger partial charge is 0.262 e. The molecule has 2 heterocycles. The van der Waals surface area contributed by atoms with Gasteiger partial charge in [0.1, 0.15) is 0 Å². The number of nitrogens with zero attached hydrogens (tertiary/aromatic N) is 1. The van der Waals surface area contributed by atoms with Crippen molar-refractivity contribution in [3.63, 3.8) is 0 Å². The summed E-state index contributed by atoms with van der Waals surface area (Å²) in [6, 6.07) is 7.75. The SMILES string of the molecule is CN1CCOC2(C1)C(=O)Nc1ccccc12. The summed E-state index contributed by atoms with van der Waals surface area (Å²) >= 11 is 0. The fourth-order valence-electron chi connectivity index (χ4n) is 2.47. The molecule has 1 aromatic carbocycles. The van der Waals surface area contributed by atoms with Gasteiger partial charge < -0.3 is 15.0 Å². The van der Waals surface area contributed by atoms with Gasteiger partial charge in [0, 0.05) is 24.3 Å². The Hall–Kier alpha value is -1.39. The summed E-state index contributed by atoms with van der Waals surface area (Å²) in [7, 11) is 2.01. The van der Waals surface area contributed by atoms with Crippen LogP contribution in [0.4, 0.5) is 5.69 Å². The number of rotatable bonds is 0. The third-order valence-corrected chi connectivity index (χ3v) is 3.29. The van der Waals surface area contributed by atoms with Gasteiger partial charge >= 0.3 is 0 Å². The average molecular weight is 218 g/mol. The highest BCUT2D eigenvalue weighted by molar-refractivity contribution is 6.05. The Balaban J connectivity index is 2.09. The molecule has 0 saturated carbocycles. The van der Waals surface area contributed by atoms with Crippen LogP contribution in [0.3, 0.4) is 0 Å². The van der Waals surface area contributed by atoms with Gasteiger partial charge in [-0.1, -0.05) is 18.2 Å². The third kappa shape index (κ3) is 1.20. The lowest BCUT2D eigenvalue weighted by Gasteiger charge is -2.37. The minimum atomic E-state index is -0.788. The van der Waals surface area contributed by atoms with Crippen LogP contribution in [0.2, 0.25) is 0 Å². The summed E-state index contributed by atoms with van der Waals surface area (Å²) in [5.74, 6) is -0.0414. The minimum Gasteiger partial charge on any atom is -0.358 e. The van der Waals surface area contributed by atoms with E-state index < -0.39 is 5.60 Å². The first kappa shape index (κ1) is 9.81. The van der Waals surface area contributed by atoms with Crippen molar-refractivity contribution in [3.05, 3.63) is 29.8 Å². The van der Waals surface area contributed by atoms with Crippen LogP contribution >= 0.6 is 0 Å². The summed E-state index contributed by atoms with van der Waals surface area (Å²) in [6.45, 7) is 2.09. The van der Waals surface area contributed by atoms with Gasteiger partial charge in [0.15, 0.2) is 5.60 Å². The van der Waals surface area contributed by atoms with E-state index in [0.717, 1.165) is 17.8 Å². The Labute approximate surface area is 94.2 Å². The molecule has 0 bridgehead atoms. The first-order valence-electron chi connectivity index (χ1n) is 5.46. The molecule has 1 aromatic rings. The topological polar surface area (TPSA) is 41.6 Å². The van der Waals surface area contributed by atoms with Gasteiger partial charge in [-0.25, -0.2) is 0 Å². The van der Waals surface area contributed by atoms with E-state index in [4.69, 9.17) is 4.74 Å². The largest absolute Gasteiger partial charge is 0.358 e. The van der Waals surface area contributed by atoms with Crippen molar-refractivity contribution in [2.75, 3.05) is 32.1 Å². The zero-order valence-electron chi connectivity index (χ0n) is 9.19. The van der Waals surface area contributed by atoms with Crippen LogP contribution in [-0.4, -0.2) is 37.6 Å². The van der Waals surface area contributed by atoms with Crippen molar-refractivity contribution >= 4 is 11.6 Å². The van der Waals surface area contributed by atoms with E-state index in [1.165, 1.54) is 0 Å². The molecule has 0 aromatic heterocycles. The lowest BCUT2D eigenvalue weighted by atomic mass is 9.93. The molecule has 84 valence electrons. The summed E-state index contributed by atoms with van der Waals surface area (Å²) in [5, 5.41) is 2.89. The number of likely N-dealkylation sites (N-methyl/N-ethyl adjacent to an activating group) is 1. The van der Waals surface area contributed by atoms with E-state index in [-0.39, 0.29) is 5.91 Å². The van der Waals surface area contributed by atoms with E-state index >= 15 is 0 Å². The second-order valence-electron chi connectivity index (χ2n) is 4.41. The number of morpholine rings is 1. The fourth-order valence-corrected chi connectivity index (χ4v) is 2.47. The maximum absolute atomic E-state index is 12.1. The second kappa shape index (κ2) is 3.30. The van der Waals surface area contributed by atoms with Crippen LogP contribution in [0.25, 0.3) is 0 Å². The highest BCUT2D eigenvalue weighted by atomic mass is 16.5. The maximum atomic E-state index is 12.1. The van der Waals surface area contributed by atoms with E-state index in [0.29, 0.717) is 13.2 Å². The number of ether oxygens (including phenoxy) is 1. The van der Waals surface area contributed by atoms with E-state index in [9.17, 15) is 4.79 Å². The van der Waals surface area contributed by atoms with Crippen LogP contribution in [-0.2, 0) is 15.1 Å². The third-order valence-electron chi connectivity index (χ3n) is 3.29. The molecule has 1 spiro atoms. The molecule has 3 rings (SSSR count). The Kier molecular flexibility index (Phi) is 2.02. The Morgan fingerprint density at radius 2 is 2.25 bits per heavy atom. The number of hydrogen-bond acceptors (Lipinski definition) is 3. The molecule has 1 unspecified atom stereocenters. The summed E-state index contributed by atoms with van der Waals surface area (Å²) in [6.07, 6.45) is 0. The van der Waals surface area contributed by atoms with Crippen LogP contribution < -0.4 is 5.32 Å². The van der Waals surface area contributed by atoms with Crippen LogP contribution in [0.1, 0.15) is 5.56 Å². The van der Waals surface area contributed by atoms with Gasteiger partial charge in [-0.05, 0) is 13.1 Å². The van der Waals surface area contributed by atoms with Gasteiger partial charge in [-0.15, -0.1) is 0 Å². The van der Waals surface area contributed by atoms with Crippen molar-refractivity contribution in [2.45, 2.75) is 5.60 Å². The summed E-state index contributed by atoms with van der Waals surface area (Å²) < 4.78 is 5.78. The average Bonchev–Trinajstić information content (AvgIpc) is 2.53. The zero-order chi connectivity index (χ0) is 11.2. The molecule has 1 saturated heterocycles. The summed E-state index contributed by atoms with van der Waals surface area (Å²) in [4.78, 5) is 14.2. The van der Waals surface area contributed by atoms with E-state index in [1.807, 2.05) is 31.3 Å². The second-order valence-corrected chi connectivity index (χ2v) is 4.41. The minimum absolute atomic E-state index is 0.0414. The number of hydrogen-bond donors (Lipinski definition) is 1. The lowest BCUT2D eigenvalue weighted by Crippen LogP contribution is -2.52. The van der Waals surface area contributed by atoms with Crippen LogP contribution in [0.15, 0.2) is 24.3 Å². The van der Waals surface area contributed by atoms with E-state index in [2.05, 4.69) is 10.2 Å². The number of carbonyl (C=O) groups is 1. The van der Waals surface area contributed by atoms with Crippen LogP contribution in [0.5, 0.6) is 0 Å². The van der Waals surface area contributed by atoms with E-state index in [1.54, 1.807) is 0 Å². The van der Waals surface area contributed by atoms with Gasteiger partial charge in [-0.3, -0.25) is 4.79 Å². The van der Waals surface area contributed by atoms with Crippen molar-refractivity contribution < 1.29 is 9.53 Å². The molecular weight excluding hydrogens is 204 g/mol. The number of benzene rings is 1. The first-order valence-corrected chi connectivity index (χ1v) is 5.46. The normalized spacial score (nSPS) is 29.2. The predicted molar refractivity (Wildman–Crippen MR) is 60.2 cm³/mol. The highest BCUT2D eigenvalue weighted by Crippen LogP contribution is 2.40. The molecule has 1 N–H and O–H groups in total. The number of carbonyl (C=O) groups excluding carboxylic acids is 1. The quantitative estimate of drug-likeness (QED) is 0.700. The standard InChI is InChI=1S/C12H14N2O2/c1-14-6-7-16-12(8-14)9-4-2-3-5-10(9)13-11(12)15/h2-5H,6-8H2,1H3,(H,13,15). The highest BCUT2D eigenvalue weighted by Gasteiger charge is 2.50. The van der Waals surface area contributed by atoms with Gasteiger partial charge in [0.25, 0.3) is 5.91 Å². The number of fused-ring (bicyclic) bond motifs is 2. The molecule has 2 aliphatic rings. The molecule has 4 heteroatoms. The molecule has 2 aliphatic heterocycles. The van der Waals surface area contributed by atoms with Crippen molar-refractivity contribution in [1.29, 1.82) is 0 Å². The molecule has 16 heavy (non-hydrogen) atoms. The van der Waals surface area contributed by atoms with Gasteiger partial charge in [-0.2, -0.15) is 0 Å². The molecule has 1 fully saturated rings. The number of amides is 1. The number of nitrogens with one attached hydrogen (secondary N) is 1. The van der Waals surface area contributed by atoms with Gasteiger partial charge in [0.2, 0.25) is 0 Å². The zero-order valence-corrected chi connectivity index (χ0v) is 9.19. The van der Waals surface area contributed by atoms with Gasteiger partial charge in [0.05, 0.1) is 6.61 Å². The first-order chi connectivity index (χ1) is 7.72. The Bertz CT molecular complexity index is 446. The number of para-hydroxylation sites is 1. The lowest BCUT2D eigenvalue weighted by molar-refractivity contribution is -0.153. The fraction of sp³-hybridized carbons (Fsp3) is 0.417. The Morgan fingerprint density at radius 3 is 3.06 bits per heavy atom. The molecule has 1 atom stereocenters. The van der Waals surface area contributed by atoms with Crippen molar-refractivity contribution in [3.8, 4) is 0 Å². The van der Waals surface area contributed by atoms with Crippen molar-refractivity contribution in [2.24, 2.45) is 0 Å². The monoisotopic (exact) mass is 218 g/mol. The Morgan fingerprint density at radius 1 is 1.44 bits per heavy atom. The summed E-state index contributed by atoms with van der Waals surface area (Å²) in [5.41, 5.74) is 1.05. The molecule has 1 amide bonds. The molecule has 4 nitrogen and oxygen atoms in total. The molecule has 0 radical (unpaired) electrons. The molecule has 0 aliphatic carbocycles. The predicted octanol–water partition coefficient (Wildman–Crippen LogP) is 0.796. The van der Waals surface area contributed by atoms with Crippen molar-refractivity contribution in [1.82, 2.24) is 4.90 Å². The molecular formula is C12H14N2O2.